The van der Waals surface area contributed by atoms with Gasteiger partial charge in [-0.2, -0.15) is 0 Å². The highest BCUT2D eigenvalue weighted by Gasteiger charge is 2.41. The minimum atomic E-state index is 0.149. The molecular formula is C22H25NO2S. The molecule has 136 valence electrons. The van der Waals surface area contributed by atoms with Gasteiger partial charge in [0.2, 0.25) is 0 Å². The maximum absolute atomic E-state index is 12.4. The van der Waals surface area contributed by atoms with Crippen LogP contribution in [0.15, 0.2) is 53.4 Å². The smallest absolute Gasteiger partial charge is 0.176 e. The highest BCUT2D eigenvalue weighted by molar-refractivity contribution is 8.00. The number of aryl methyl sites for hydroxylation is 1. The van der Waals surface area contributed by atoms with Crippen molar-refractivity contribution in [1.82, 2.24) is 4.90 Å². The second-order valence-corrected chi connectivity index (χ2v) is 9.08. The number of Topliss-reactive ketones (excluding diaryl/α,β-unsaturated/α-hetero) is 1. The lowest BCUT2D eigenvalue weighted by Gasteiger charge is -2.18. The number of fused-ring (bicyclic) bond motifs is 1. The molecule has 2 aromatic rings. The molecule has 2 aliphatic rings. The zero-order valence-corrected chi connectivity index (χ0v) is 15.9. The number of benzene rings is 2. The monoisotopic (exact) mass is 367 g/mol. The van der Waals surface area contributed by atoms with Crippen molar-refractivity contribution >= 4 is 17.5 Å². The van der Waals surface area contributed by atoms with Gasteiger partial charge >= 0.3 is 0 Å². The molecule has 1 unspecified atom stereocenters. The molecule has 2 fully saturated rings. The number of aromatic hydroxyl groups is 1. The molecule has 3 nitrogen and oxygen atoms in total. The van der Waals surface area contributed by atoms with Crippen molar-refractivity contribution in [3.05, 3.63) is 59.7 Å². The summed E-state index contributed by atoms with van der Waals surface area (Å²) in [6.07, 6.45) is 2.51. The summed E-state index contributed by atoms with van der Waals surface area (Å²) in [4.78, 5) is 16.1. The Morgan fingerprint density at radius 3 is 2.27 bits per heavy atom. The summed E-state index contributed by atoms with van der Waals surface area (Å²) in [5.41, 5.74) is 2.00. The number of carbonyl (C=O) groups excluding carboxylic acids is 1. The van der Waals surface area contributed by atoms with E-state index in [2.05, 4.69) is 36.1 Å². The zero-order valence-electron chi connectivity index (χ0n) is 15.1. The molecule has 4 rings (SSSR count). The van der Waals surface area contributed by atoms with E-state index in [0.717, 1.165) is 24.9 Å². The van der Waals surface area contributed by atoms with Gasteiger partial charge < -0.3 is 5.11 Å². The van der Waals surface area contributed by atoms with E-state index in [-0.39, 0.29) is 11.5 Å². The van der Waals surface area contributed by atoms with E-state index in [1.165, 1.54) is 23.3 Å². The lowest BCUT2D eigenvalue weighted by atomic mass is 10.0. The Hall–Kier alpha value is -1.78. The summed E-state index contributed by atoms with van der Waals surface area (Å²) in [5, 5.41) is 10.1. The molecule has 4 heteroatoms. The third-order valence-electron chi connectivity index (χ3n) is 5.66. The predicted molar refractivity (Wildman–Crippen MR) is 106 cm³/mol. The van der Waals surface area contributed by atoms with Crippen LogP contribution in [0, 0.1) is 18.8 Å². The average Bonchev–Trinajstić information content (AvgIpc) is 3.15. The van der Waals surface area contributed by atoms with Gasteiger partial charge in [-0.25, -0.2) is 0 Å². The third-order valence-corrected chi connectivity index (χ3v) is 6.93. The fourth-order valence-electron chi connectivity index (χ4n) is 4.32. The molecular weight excluding hydrogens is 342 g/mol. The molecule has 3 atom stereocenters. The minimum absolute atomic E-state index is 0.149. The number of phenols is 1. The molecule has 0 radical (unpaired) electrons. The van der Waals surface area contributed by atoms with Crippen LogP contribution < -0.4 is 0 Å². The first kappa shape index (κ1) is 17.6. The second-order valence-electron chi connectivity index (χ2n) is 7.71. The summed E-state index contributed by atoms with van der Waals surface area (Å²) >= 11 is 2.02. The normalized spacial score (nSPS) is 25.3. The van der Waals surface area contributed by atoms with E-state index in [4.69, 9.17) is 0 Å². The highest BCUT2D eigenvalue weighted by atomic mass is 32.2. The summed E-state index contributed by atoms with van der Waals surface area (Å²) in [6.45, 7) is 4.70. The summed E-state index contributed by atoms with van der Waals surface area (Å²) in [7, 11) is 0. The van der Waals surface area contributed by atoms with Crippen LogP contribution in [0.1, 0.15) is 28.8 Å². The van der Waals surface area contributed by atoms with Crippen molar-refractivity contribution in [3.63, 3.8) is 0 Å². The molecule has 1 aliphatic heterocycles. The number of nitrogens with zero attached hydrogens (tertiary/aromatic N) is 1. The van der Waals surface area contributed by atoms with Gasteiger partial charge in [0.15, 0.2) is 5.78 Å². The van der Waals surface area contributed by atoms with Gasteiger partial charge in [0.25, 0.3) is 0 Å². The Kier molecular flexibility index (Phi) is 5.05. The number of rotatable bonds is 5. The van der Waals surface area contributed by atoms with Crippen LogP contribution in [0.5, 0.6) is 5.75 Å². The van der Waals surface area contributed by atoms with Crippen LogP contribution in [0.4, 0.5) is 0 Å². The molecule has 0 amide bonds. The molecule has 1 saturated carbocycles. The van der Waals surface area contributed by atoms with E-state index in [0.29, 0.717) is 17.4 Å². The largest absolute Gasteiger partial charge is 0.508 e. The first-order valence-electron chi connectivity index (χ1n) is 9.35. The van der Waals surface area contributed by atoms with Gasteiger partial charge in [0.05, 0.1) is 6.54 Å². The van der Waals surface area contributed by atoms with E-state index in [1.54, 1.807) is 24.3 Å². The van der Waals surface area contributed by atoms with Gasteiger partial charge in [0.1, 0.15) is 5.75 Å². The number of thioether (sulfide) groups is 1. The van der Waals surface area contributed by atoms with E-state index in [9.17, 15) is 9.90 Å². The molecule has 1 saturated heterocycles. The summed E-state index contributed by atoms with van der Waals surface area (Å²) in [6, 6.07) is 15.4. The second kappa shape index (κ2) is 7.45. The number of phenolic OH excluding ortho intramolecular Hbond substituents is 1. The van der Waals surface area contributed by atoms with Crippen LogP contribution in [0.25, 0.3) is 0 Å². The van der Waals surface area contributed by atoms with Crippen molar-refractivity contribution in [2.75, 3.05) is 19.6 Å². The van der Waals surface area contributed by atoms with Crippen molar-refractivity contribution in [2.45, 2.75) is 29.9 Å². The Bertz CT molecular complexity index is 758. The van der Waals surface area contributed by atoms with Gasteiger partial charge in [-0.15, -0.1) is 11.8 Å². The molecule has 1 aliphatic carbocycles. The maximum atomic E-state index is 12.4. The lowest BCUT2D eigenvalue weighted by molar-refractivity contribution is 0.0941. The standard InChI is InChI=1S/C22H25NO2S/c1-15-2-8-20(9-3-15)26-21-10-17-12-23(13-18(17)11-21)14-22(25)16-4-6-19(24)7-5-16/h2-9,17-18,21,24H,10-14H2,1H3/t17-,18+,21?. The fourth-order valence-corrected chi connectivity index (χ4v) is 5.68. The van der Waals surface area contributed by atoms with Crippen LogP contribution in [0.2, 0.25) is 0 Å². The number of likely N-dealkylation sites (tertiary alicyclic amines) is 1. The van der Waals surface area contributed by atoms with E-state index in [1.807, 2.05) is 11.8 Å². The Labute approximate surface area is 159 Å². The molecule has 1 N–H and O–H groups in total. The molecule has 0 bridgehead atoms. The third kappa shape index (κ3) is 3.97. The topological polar surface area (TPSA) is 40.5 Å². The van der Waals surface area contributed by atoms with Crippen LogP contribution in [-0.4, -0.2) is 40.7 Å². The van der Waals surface area contributed by atoms with Crippen molar-refractivity contribution < 1.29 is 9.90 Å². The lowest BCUT2D eigenvalue weighted by Crippen LogP contribution is -2.29. The SMILES string of the molecule is Cc1ccc(SC2C[C@@H]3CN(CC(=O)c4ccc(O)cc4)C[C@@H]3C2)cc1. The molecule has 0 spiro atoms. The molecule has 2 aromatic carbocycles. The maximum Gasteiger partial charge on any atom is 0.176 e. The van der Waals surface area contributed by atoms with Crippen LogP contribution in [0.3, 0.4) is 0 Å². The Morgan fingerprint density at radius 2 is 1.65 bits per heavy atom. The van der Waals surface area contributed by atoms with Gasteiger partial charge in [-0.3, -0.25) is 9.69 Å². The summed E-state index contributed by atoms with van der Waals surface area (Å²) in [5.74, 6) is 1.81. The average molecular weight is 368 g/mol. The van der Waals surface area contributed by atoms with Crippen molar-refractivity contribution in [3.8, 4) is 5.75 Å². The van der Waals surface area contributed by atoms with Crippen molar-refractivity contribution in [2.24, 2.45) is 11.8 Å². The predicted octanol–water partition coefficient (Wildman–Crippen LogP) is 4.39. The highest BCUT2D eigenvalue weighted by Crippen LogP contribution is 2.45. The molecule has 0 aromatic heterocycles. The van der Waals surface area contributed by atoms with Gasteiger partial charge in [-0.1, -0.05) is 17.7 Å². The van der Waals surface area contributed by atoms with Gasteiger partial charge in [0, 0.05) is 28.8 Å². The number of carbonyl (C=O) groups is 1. The fraction of sp³-hybridized carbons (Fsp3) is 0.409. The van der Waals surface area contributed by atoms with E-state index < -0.39 is 0 Å². The minimum Gasteiger partial charge on any atom is -0.508 e. The quantitative estimate of drug-likeness (QED) is 0.796. The Morgan fingerprint density at radius 1 is 1.04 bits per heavy atom. The molecule has 26 heavy (non-hydrogen) atoms. The number of ketones is 1. The summed E-state index contributed by atoms with van der Waals surface area (Å²) < 4.78 is 0. The first-order valence-corrected chi connectivity index (χ1v) is 10.2. The van der Waals surface area contributed by atoms with Crippen LogP contribution >= 0.6 is 11.8 Å². The van der Waals surface area contributed by atoms with E-state index >= 15 is 0 Å². The number of hydrogen-bond donors (Lipinski definition) is 1. The number of hydrogen-bond acceptors (Lipinski definition) is 4. The zero-order chi connectivity index (χ0) is 18.1. The van der Waals surface area contributed by atoms with Gasteiger partial charge in [-0.05, 0) is 68.0 Å². The first-order chi connectivity index (χ1) is 12.6. The Balaban J connectivity index is 1.28. The van der Waals surface area contributed by atoms with Crippen LogP contribution in [-0.2, 0) is 0 Å². The van der Waals surface area contributed by atoms with Crippen molar-refractivity contribution in [1.29, 1.82) is 0 Å². The molecule has 1 heterocycles.